The number of nitrogens with zero attached hydrogens (tertiary/aromatic N) is 1. The number of esters is 1. The number of rotatable bonds is 6. The van der Waals surface area contributed by atoms with Crippen molar-refractivity contribution in [1.82, 2.24) is 0 Å². The summed E-state index contributed by atoms with van der Waals surface area (Å²) in [5, 5.41) is 12.0. The highest BCUT2D eigenvalue weighted by Gasteiger charge is 2.41. The molecule has 0 saturated carbocycles. The SMILES string of the molecule is CC1=NC(C)=C(C(=O)OCC=Cc2ccccc2)C(c2ccc3ccccc3c2)C1C(=O)O. The summed E-state index contributed by atoms with van der Waals surface area (Å²) < 4.78 is 5.53. The Hall–Kier alpha value is -3.99. The predicted octanol–water partition coefficient (Wildman–Crippen LogP) is 5.63. The van der Waals surface area contributed by atoms with E-state index in [4.69, 9.17) is 4.74 Å². The largest absolute Gasteiger partial charge is 0.481 e. The quantitative estimate of drug-likeness (QED) is 0.505. The van der Waals surface area contributed by atoms with Crippen LogP contribution < -0.4 is 0 Å². The molecule has 5 heteroatoms. The average Bonchev–Trinajstić information content (AvgIpc) is 2.81. The van der Waals surface area contributed by atoms with Gasteiger partial charge in [0.2, 0.25) is 0 Å². The normalized spacial score (nSPS) is 18.4. The molecule has 4 rings (SSSR count). The minimum atomic E-state index is -1.02. The second kappa shape index (κ2) is 9.65. The Kier molecular flexibility index (Phi) is 6.50. The van der Waals surface area contributed by atoms with Gasteiger partial charge < -0.3 is 9.84 Å². The van der Waals surface area contributed by atoms with E-state index in [1.165, 1.54) is 0 Å². The Bertz CT molecular complexity index is 1290. The number of carbonyl (C=O) groups is 2. The van der Waals surface area contributed by atoms with Gasteiger partial charge in [0.25, 0.3) is 0 Å². The molecule has 0 aromatic heterocycles. The molecule has 0 radical (unpaired) electrons. The van der Waals surface area contributed by atoms with Gasteiger partial charge in [-0.2, -0.15) is 0 Å². The fourth-order valence-electron chi connectivity index (χ4n) is 4.33. The zero-order valence-electron chi connectivity index (χ0n) is 18.6. The predicted molar refractivity (Wildman–Crippen MR) is 130 cm³/mol. The summed E-state index contributed by atoms with van der Waals surface area (Å²) in [6.45, 7) is 3.50. The Labute approximate surface area is 192 Å². The Balaban J connectivity index is 1.66. The molecule has 1 heterocycles. The highest BCUT2D eigenvalue weighted by molar-refractivity contribution is 6.06. The van der Waals surface area contributed by atoms with Crippen molar-refractivity contribution in [2.75, 3.05) is 6.61 Å². The van der Waals surface area contributed by atoms with Gasteiger partial charge in [0.15, 0.2) is 0 Å². The molecule has 166 valence electrons. The van der Waals surface area contributed by atoms with Gasteiger partial charge in [-0.05, 0) is 41.8 Å². The first kappa shape index (κ1) is 22.2. The van der Waals surface area contributed by atoms with Crippen molar-refractivity contribution in [1.29, 1.82) is 0 Å². The van der Waals surface area contributed by atoms with Crippen molar-refractivity contribution in [3.63, 3.8) is 0 Å². The summed E-state index contributed by atoms with van der Waals surface area (Å²) >= 11 is 0. The van der Waals surface area contributed by atoms with Gasteiger partial charge in [-0.25, -0.2) is 4.79 Å². The molecule has 0 spiro atoms. The number of hydrogen-bond acceptors (Lipinski definition) is 4. The second-order valence-electron chi connectivity index (χ2n) is 8.06. The number of ether oxygens (including phenoxy) is 1. The first-order valence-corrected chi connectivity index (χ1v) is 10.8. The van der Waals surface area contributed by atoms with Crippen LogP contribution in [0.4, 0.5) is 0 Å². The molecule has 0 amide bonds. The molecule has 2 unspecified atom stereocenters. The third-order valence-corrected chi connectivity index (χ3v) is 5.87. The lowest BCUT2D eigenvalue weighted by Crippen LogP contribution is -2.35. The summed E-state index contributed by atoms with van der Waals surface area (Å²) in [6.07, 6.45) is 3.64. The molecule has 2 atom stereocenters. The van der Waals surface area contributed by atoms with Crippen molar-refractivity contribution >= 4 is 34.5 Å². The molecular formula is C28H25NO4. The van der Waals surface area contributed by atoms with Gasteiger partial charge in [0.1, 0.15) is 12.5 Å². The minimum Gasteiger partial charge on any atom is -0.481 e. The molecule has 3 aromatic carbocycles. The molecule has 5 nitrogen and oxygen atoms in total. The fraction of sp³-hybridized carbons (Fsp3) is 0.179. The minimum absolute atomic E-state index is 0.0788. The zero-order chi connectivity index (χ0) is 23.4. The maximum atomic E-state index is 13.2. The van der Waals surface area contributed by atoms with Crippen molar-refractivity contribution < 1.29 is 19.4 Å². The van der Waals surface area contributed by atoms with Crippen LogP contribution in [-0.2, 0) is 14.3 Å². The number of carboxylic acids is 1. The van der Waals surface area contributed by atoms with E-state index < -0.39 is 23.8 Å². The van der Waals surface area contributed by atoms with E-state index in [2.05, 4.69) is 4.99 Å². The first-order valence-electron chi connectivity index (χ1n) is 10.8. The lowest BCUT2D eigenvalue weighted by atomic mass is 9.75. The molecule has 0 aliphatic carbocycles. The monoisotopic (exact) mass is 439 g/mol. The van der Waals surface area contributed by atoms with Crippen LogP contribution in [0.5, 0.6) is 0 Å². The van der Waals surface area contributed by atoms with Gasteiger partial charge in [0, 0.05) is 17.3 Å². The molecule has 3 aromatic rings. The molecule has 1 aliphatic rings. The maximum absolute atomic E-state index is 13.2. The number of aliphatic carboxylic acids is 1. The molecule has 1 aliphatic heterocycles. The zero-order valence-corrected chi connectivity index (χ0v) is 18.6. The van der Waals surface area contributed by atoms with Crippen molar-refractivity contribution in [2.24, 2.45) is 10.9 Å². The van der Waals surface area contributed by atoms with Crippen molar-refractivity contribution in [3.05, 3.63) is 101 Å². The average molecular weight is 440 g/mol. The van der Waals surface area contributed by atoms with Crippen LogP contribution in [0.2, 0.25) is 0 Å². The number of carbonyl (C=O) groups excluding carboxylic acids is 1. The standard InChI is InChI=1S/C28H25NO4/c1-18-24(27(30)31)26(23-15-14-21-12-6-7-13-22(21)17-23)25(19(2)29-18)28(32)33-16-8-11-20-9-4-3-5-10-20/h3-15,17,24,26H,16H2,1-2H3,(H,30,31). The van der Waals surface area contributed by atoms with E-state index >= 15 is 0 Å². The van der Waals surface area contributed by atoms with E-state index in [9.17, 15) is 14.7 Å². The Morgan fingerprint density at radius 1 is 0.970 bits per heavy atom. The van der Waals surface area contributed by atoms with E-state index in [-0.39, 0.29) is 12.2 Å². The van der Waals surface area contributed by atoms with Crippen LogP contribution in [0.25, 0.3) is 16.8 Å². The number of allylic oxidation sites excluding steroid dienone is 1. The number of hydrogen-bond donors (Lipinski definition) is 1. The third kappa shape index (κ3) is 4.77. The van der Waals surface area contributed by atoms with Gasteiger partial charge in [-0.1, -0.05) is 78.9 Å². The van der Waals surface area contributed by atoms with Crippen molar-refractivity contribution in [3.8, 4) is 0 Å². The molecule has 0 bridgehead atoms. The number of aliphatic imine (C=N–C) groups is 1. The lowest BCUT2D eigenvalue weighted by Gasteiger charge is -2.30. The maximum Gasteiger partial charge on any atom is 0.336 e. The third-order valence-electron chi connectivity index (χ3n) is 5.87. The van der Waals surface area contributed by atoms with E-state index in [0.29, 0.717) is 11.4 Å². The van der Waals surface area contributed by atoms with Crippen LogP contribution in [0.1, 0.15) is 30.9 Å². The summed E-state index contributed by atoms with van der Waals surface area (Å²) in [4.78, 5) is 29.8. The summed E-state index contributed by atoms with van der Waals surface area (Å²) in [5.74, 6) is -3.20. The molecule has 33 heavy (non-hydrogen) atoms. The Morgan fingerprint density at radius 3 is 2.39 bits per heavy atom. The van der Waals surface area contributed by atoms with Gasteiger partial charge in [0.05, 0.1) is 5.57 Å². The first-order chi connectivity index (χ1) is 16.0. The van der Waals surface area contributed by atoms with Crippen LogP contribution in [0.3, 0.4) is 0 Å². The van der Waals surface area contributed by atoms with E-state index in [1.807, 2.05) is 78.9 Å². The second-order valence-corrected chi connectivity index (χ2v) is 8.06. The molecule has 0 fully saturated rings. The topological polar surface area (TPSA) is 76.0 Å². The van der Waals surface area contributed by atoms with Crippen molar-refractivity contribution in [2.45, 2.75) is 19.8 Å². The number of benzene rings is 3. The molecule has 0 saturated heterocycles. The number of fused-ring (bicyclic) bond motifs is 1. The highest BCUT2D eigenvalue weighted by Crippen LogP contribution is 2.40. The Morgan fingerprint density at radius 2 is 1.67 bits per heavy atom. The smallest absolute Gasteiger partial charge is 0.336 e. The van der Waals surface area contributed by atoms with Crippen LogP contribution in [0.15, 0.2) is 95.1 Å². The highest BCUT2D eigenvalue weighted by atomic mass is 16.5. The summed E-state index contributed by atoms with van der Waals surface area (Å²) in [5.41, 5.74) is 3.00. The van der Waals surface area contributed by atoms with E-state index in [0.717, 1.165) is 21.9 Å². The fourth-order valence-corrected chi connectivity index (χ4v) is 4.33. The lowest BCUT2D eigenvalue weighted by molar-refractivity contribution is -0.140. The van der Waals surface area contributed by atoms with Crippen LogP contribution in [0, 0.1) is 5.92 Å². The summed E-state index contributed by atoms with van der Waals surface area (Å²) in [7, 11) is 0. The van der Waals surface area contributed by atoms with Crippen LogP contribution in [-0.4, -0.2) is 29.4 Å². The van der Waals surface area contributed by atoms with E-state index in [1.54, 1.807) is 19.9 Å². The number of carboxylic acid groups (broad SMARTS) is 1. The van der Waals surface area contributed by atoms with Gasteiger partial charge in [-0.3, -0.25) is 9.79 Å². The molecular weight excluding hydrogens is 414 g/mol. The molecule has 1 N–H and O–H groups in total. The van der Waals surface area contributed by atoms with Gasteiger partial charge in [-0.15, -0.1) is 0 Å². The summed E-state index contributed by atoms with van der Waals surface area (Å²) in [6, 6.07) is 23.4. The van der Waals surface area contributed by atoms with Crippen LogP contribution >= 0.6 is 0 Å². The van der Waals surface area contributed by atoms with Gasteiger partial charge >= 0.3 is 11.9 Å².